The third-order valence-corrected chi connectivity index (χ3v) is 5.97. The zero-order valence-electron chi connectivity index (χ0n) is 18.1. The van der Waals surface area contributed by atoms with E-state index < -0.39 is 6.04 Å². The molecule has 1 amide bonds. The Hall–Kier alpha value is -3.32. The Balaban J connectivity index is 1.46. The van der Waals surface area contributed by atoms with Crippen LogP contribution in [-0.2, 0) is 4.79 Å². The van der Waals surface area contributed by atoms with Crippen molar-refractivity contribution in [3.05, 3.63) is 76.0 Å². The van der Waals surface area contributed by atoms with Gasteiger partial charge in [0.1, 0.15) is 11.8 Å². The van der Waals surface area contributed by atoms with E-state index >= 15 is 0 Å². The van der Waals surface area contributed by atoms with Gasteiger partial charge in [0.05, 0.1) is 12.8 Å². The van der Waals surface area contributed by atoms with E-state index in [1.807, 2.05) is 48.5 Å². The maximum Gasteiger partial charge on any atom is 0.267 e. The van der Waals surface area contributed by atoms with E-state index in [1.54, 1.807) is 25.0 Å². The molecule has 0 bridgehead atoms. The molecule has 32 heavy (non-hydrogen) atoms. The van der Waals surface area contributed by atoms with Crippen LogP contribution in [0.1, 0.15) is 13.0 Å². The molecule has 0 radical (unpaired) electrons. The second-order valence-corrected chi connectivity index (χ2v) is 8.13. The summed E-state index contributed by atoms with van der Waals surface area (Å²) >= 11 is 5.97. The van der Waals surface area contributed by atoms with Gasteiger partial charge in [-0.2, -0.15) is 5.10 Å². The number of hydrogen-bond acceptors (Lipinski definition) is 5. The quantitative estimate of drug-likeness (QED) is 0.593. The van der Waals surface area contributed by atoms with Gasteiger partial charge in [-0.25, -0.2) is 4.68 Å². The normalized spacial score (nSPS) is 14.8. The second-order valence-electron chi connectivity index (χ2n) is 7.69. The van der Waals surface area contributed by atoms with Gasteiger partial charge in [-0.3, -0.25) is 9.59 Å². The molecule has 2 aromatic carbocycles. The van der Waals surface area contributed by atoms with Gasteiger partial charge in [-0.1, -0.05) is 11.6 Å². The average Bonchev–Trinajstić information content (AvgIpc) is 2.84. The van der Waals surface area contributed by atoms with Crippen molar-refractivity contribution in [2.24, 2.45) is 0 Å². The Morgan fingerprint density at radius 3 is 2.25 bits per heavy atom. The molecular weight excluding hydrogens is 428 g/mol. The van der Waals surface area contributed by atoms with E-state index in [0.717, 1.165) is 17.0 Å². The lowest BCUT2D eigenvalue weighted by molar-refractivity contribution is -0.135. The smallest absolute Gasteiger partial charge is 0.267 e. The van der Waals surface area contributed by atoms with Crippen molar-refractivity contribution in [2.45, 2.75) is 13.0 Å². The number of piperazine rings is 1. The Kier molecular flexibility index (Phi) is 6.46. The summed E-state index contributed by atoms with van der Waals surface area (Å²) in [6, 6.07) is 17.5. The van der Waals surface area contributed by atoms with E-state index in [9.17, 15) is 9.59 Å². The first-order valence-electron chi connectivity index (χ1n) is 10.5. The third kappa shape index (κ3) is 4.62. The number of benzene rings is 2. The Morgan fingerprint density at radius 2 is 1.62 bits per heavy atom. The Bertz CT molecular complexity index is 1140. The zero-order chi connectivity index (χ0) is 22.7. The first-order chi connectivity index (χ1) is 15.5. The van der Waals surface area contributed by atoms with Gasteiger partial charge in [0.25, 0.3) is 5.56 Å². The zero-order valence-corrected chi connectivity index (χ0v) is 18.8. The highest BCUT2D eigenvalue weighted by molar-refractivity contribution is 6.30. The first kappa shape index (κ1) is 21.9. The van der Waals surface area contributed by atoms with Crippen LogP contribution in [0.25, 0.3) is 11.3 Å². The SMILES string of the molecule is COc1ccc(-c2ccc(=O)n(C(C)C(=O)N3CCN(c4ccc(Cl)cc4)CC3)n2)cc1. The maximum atomic E-state index is 13.1. The van der Waals surface area contributed by atoms with Gasteiger partial charge < -0.3 is 14.5 Å². The molecular formula is C24H25ClN4O3. The predicted octanol–water partition coefficient (Wildman–Crippen LogP) is 3.48. The third-order valence-electron chi connectivity index (χ3n) is 5.72. The van der Waals surface area contributed by atoms with Gasteiger partial charge in [0.2, 0.25) is 5.91 Å². The van der Waals surface area contributed by atoms with Crippen molar-refractivity contribution in [3.8, 4) is 17.0 Å². The standard InChI is InChI=1S/C24H25ClN4O3/c1-17(24(31)28-15-13-27(14-16-28)20-7-5-19(25)6-8-20)29-23(30)12-11-22(26-29)18-3-9-21(32-2)10-4-18/h3-12,17H,13-16H2,1-2H3. The van der Waals surface area contributed by atoms with Crippen molar-refractivity contribution in [3.63, 3.8) is 0 Å². The maximum absolute atomic E-state index is 13.1. The first-order valence-corrected chi connectivity index (χ1v) is 10.9. The highest BCUT2D eigenvalue weighted by atomic mass is 35.5. The van der Waals surface area contributed by atoms with E-state index in [4.69, 9.17) is 16.3 Å². The predicted molar refractivity (Wildman–Crippen MR) is 125 cm³/mol. The van der Waals surface area contributed by atoms with Crippen LogP contribution in [0.2, 0.25) is 5.02 Å². The summed E-state index contributed by atoms with van der Waals surface area (Å²) in [4.78, 5) is 29.6. The molecule has 0 aliphatic carbocycles. The van der Waals surface area contributed by atoms with Crippen LogP contribution in [0, 0.1) is 0 Å². The largest absolute Gasteiger partial charge is 0.497 e. The summed E-state index contributed by atoms with van der Waals surface area (Å²) in [6.45, 7) is 4.32. The van der Waals surface area contributed by atoms with Crippen molar-refractivity contribution in [1.82, 2.24) is 14.7 Å². The van der Waals surface area contributed by atoms with Crippen molar-refractivity contribution in [2.75, 3.05) is 38.2 Å². The van der Waals surface area contributed by atoms with Crippen LogP contribution >= 0.6 is 11.6 Å². The summed E-state index contributed by atoms with van der Waals surface area (Å²) < 4.78 is 6.46. The number of carbonyl (C=O) groups excluding carboxylic acids is 1. The van der Waals surface area contributed by atoms with Gasteiger partial charge >= 0.3 is 0 Å². The topological polar surface area (TPSA) is 67.7 Å². The highest BCUT2D eigenvalue weighted by Gasteiger charge is 2.27. The molecule has 1 saturated heterocycles. The minimum absolute atomic E-state index is 0.109. The minimum Gasteiger partial charge on any atom is -0.497 e. The molecule has 0 spiro atoms. The lowest BCUT2D eigenvalue weighted by Crippen LogP contribution is -2.51. The number of methoxy groups -OCH3 is 1. The highest BCUT2D eigenvalue weighted by Crippen LogP contribution is 2.22. The summed E-state index contributed by atoms with van der Waals surface area (Å²) in [5.41, 5.74) is 2.25. The minimum atomic E-state index is -0.692. The number of nitrogens with zero attached hydrogens (tertiary/aromatic N) is 4. The number of anilines is 1. The van der Waals surface area contributed by atoms with Gasteiger partial charge in [0.15, 0.2) is 0 Å². The molecule has 0 saturated carbocycles. The van der Waals surface area contributed by atoms with Crippen LogP contribution in [0.4, 0.5) is 5.69 Å². The molecule has 0 N–H and O–H groups in total. The summed E-state index contributed by atoms with van der Waals surface area (Å²) in [5.74, 6) is 0.630. The van der Waals surface area contributed by atoms with E-state index in [0.29, 0.717) is 36.9 Å². The van der Waals surface area contributed by atoms with Crippen LogP contribution in [-0.4, -0.2) is 53.9 Å². The molecule has 8 heteroatoms. The molecule has 3 aromatic rings. The number of amides is 1. The molecule has 1 aliphatic heterocycles. The van der Waals surface area contributed by atoms with E-state index in [1.165, 1.54) is 10.7 Å². The summed E-state index contributed by atoms with van der Waals surface area (Å²) in [5, 5.41) is 5.18. The molecule has 166 valence electrons. The lowest BCUT2D eigenvalue weighted by Gasteiger charge is -2.37. The van der Waals surface area contributed by atoms with Crippen LogP contribution in [0.5, 0.6) is 5.75 Å². The molecule has 7 nitrogen and oxygen atoms in total. The molecule has 1 aliphatic rings. The van der Waals surface area contributed by atoms with Crippen LogP contribution in [0.3, 0.4) is 0 Å². The molecule has 4 rings (SSSR count). The number of hydrogen-bond donors (Lipinski definition) is 0. The monoisotopic (exact) mass is 452 g/mol. The lowest BCUT2D eigenvalue weighted by atomic mass is 10.1. The number of ether oxygens (including phenoxy) is 1. The molecule has 2 heterocycles. The summed E-state index contributed by atoms with van der Waals surface area (Å²) in [7, 11) is 1.61. The Labute approximate surface area is 191 Å². The van der Waals surface area contributed by atoms with Gasteiger partial charge in [-0.05, 0) is 61.5 Å². The summed E-state index contributed by atoms with van der Waals surface area (Å²) in [6.07, 6.45) is 0. The fourth-order valence-electron chi connectivity index (χ4n) is 3.82. The van der Waals surface area contributed by atoms with Gasteiger partial charge in [-0.15, -0.1) is 0 Å². The van der Waals surface area contributed by atoms with Crippen molar-refractivity contribution in [1.29, 1.82) is 0 Å². The Morgan fingerprint density at radius 1 is 0.969 bits per heavy atom. The fraction of sp³-hybridized carbons (Fsp3) is 0.292. The number of rotatable bonds is 5. The van der Waals surface area contributed by atoms with Crippen LogP contribution in [0.15, 0.2) is 65.5 Å². The molecule has 1 unspecified atom stereocenters. The molecule has 1 fully saturated rings. The number of carbonyl (C=O) groups is 1. The van der Waals surface area contributed by atoms with Gasteiger partial charge in [0, 0.05) is 48.5 Å². The molecule has 1 aromatic heterocycles. The van der Waals surface area contributed by atoms with Crippen molar-refractivity contribution < 1.29 is 9.53 Å². The fourth-order valence-corrected chi connectivity index (χ4v) is 3.95. The van der Waals surface area contributed by atoms with E-state index in [-0.39, 0.29) is 11.5 Å². The number of halogens is 1. The second kappa shape index (κ2) is 9.44. The number of aromatic nitrogens is 2. The van der Waals surface area contributed by atoms with Crippen molar-refractivity contribution >= 4 is 23.2 Å². The van der Waals surface area contributed by atoms with E-state index in [2.05, 4.69) is 10.00 Å². The average molecular weight is 453 g/mol. The van der Waals surface area contributed by atoms with Crippen LogP contribution < -0.4 is 15.2 Å². The molecule has 1 atom stereocenters.